The van der Waals surface area contributed by atoms with Gasteiger partial charge in [-0.25, -0.2) is 4.79 Å². The number of carbonyl (C=O) groups excluding carboxylic acids is 1. The maximum absolute atomic E-state index is 12.5. The van der Waals surface area contributed by atoms with E-state index in [-0.39, 0.29) is 6.03 Å². The summed E-state index contributed by atoms with van der Waals surface area (Å²) in [6.07, 6.45) is 2.04. The summed E-state index contributed by atoms with van der Waals surface area (Å²) in [5.74, 6) is 0. The average Bonchev–Trinajstić information content (AvgIpc) is 2.63. The minimum atomic E-state index is -0.0210. The number of thioether (sulfide) groups is 1. The summed E-state index contributed by atoms with van der Waals surface area (Å²) in [6, 6.07) is 16.8. The number of hydrogen-bond donors (Lipinski definition) is 1. The molecule has 2 aromatic carbocycles. The lowest BCUT2D eigenvalue weighted by Gasteiger charge is -2.41. The van der Waals surface area contributed by atoms with E-state index in [0.717, 1.165) is 25.3 Å². The number of nitrogens with zero attached hydrogens (tertiary/aromatic N) is 2. The van der Waals surface area contributed by atoms with Crippen molar-refractivity contribution in [1.29, 1.82) is 0 Å². The third kappa shape index (κ3) is 4.28. The van der Waals surface area contributed by atoms with E-state index in [1.54, 1.807) is 11.8 Å². The van der Waals surface area contributed by atoms with Crippen molar-refractivity contribution < 1.29 is 4.79 Å². The van der Waals surface area contributed by atoms with Crippen LogP contribution in [0.15, 0.2) is 53.4 Å². The minimum Gasteiger partial charge on any atom is -0.365 e. The molecule has 1 unspecified atom stereocenters. The molecule has 1 aliphatic rings. The molecule has 1 N–H and O–H groups in total. The number of amides is 2. The second-order valence-electron chi connectivity index (χ2n) is 6.48. The number of nitrogens with one attached hydrogen (secondary N) is 1. The van der Waals surface area contributed by atoms with Crippen LogP contribution in [-0.4, -0.2) is 42.9 Å². The van der Waals surface area contributed by atoms with Crippen molar-refractivity contribution in [3.8, 4) is 0 Å². The Morgan fingerprint density at radius 2 is 1.76 bits per heavy atom. The Morgan fingerprint density at radius 1 is 1.08 bits per heavy atom. The fourth-order valence-corrected chi connectivity index (χ4v) is 3.55. The predicted octanol–water partition coefficient (Wildman–Crippen LogP) is 4.46. The summed E-state index contributed by atoms with van der Waals surface area (Å²) < 4.78 is 0. The summed E-state index contributed by atoms with van der Waals surface area (Å²) >= 11 is 1.70. The number of carbonyl (C=O) groups is 1. The smallest absolute Gasteiger partial charge is 0.321 e. The normalized spacial score (nSPS) is 17.5. The van der Waals surface area contributed by atoms with Gasteiger partial charge in [0.05, 0.1) is 0 Å². The molecule has 0 aromatic heterocycles. The van der Waals surface area contributed by atoms with Crippen LogP contribution >= 0.6 is 11.8 Å². The Labute approximate surface area is 154 Å². The van der Waals surface area contributed by atoms with Gasteiger partial charge < -0.3 is 15.1 Å². The van der Waals surface area contributed by atoms with Crippen LogP contribution in [0.3, 0.4) is 0 Å². The molecule has 4 nitrogen and oxygen atoms in total. The Bertz CT molecular complexity index is 715. The van der Waals surface area contributed by atoms with E-state index in [9.17, 15) is 4.79 Å². The Kier molecular flexibility index (Phi) is 5.53. The van der Waals surface area contributed by atoms with Gasteiger partial charge in [-0.2, -0.15) is 0 Å². The Morgan fingerprint density at radius 3 is 2.36 bits per heavy atom. The van der Waals surface area contributed by atoms with Gasteiger partial charge in [-0.05, 0) is 56.5 Å². The van der Waals surface area contributed by atoms with Crippen molar-refractivity contribution in [1.82, 2.24) is 4.90 Å². The number of rotatable bonds is 3. The number of urea groups is 1. The van der Waals surface area contributed by atoms with Crippen molar-refractivity contribution in [2.24, 2.45) is 0 Å². The number of piperazine rings is 1. The number of anilines is 2. The van der Waals surface area contributed by atoms with Crippen molar-refractivity contribution in [3.05, 3.63) is 54.1 Å². The van der Waals surface area contributed by atoms with Crippen LogP contribution in [0.25, 0.3) is 0 Å². The van der Waals surface area contributed by atoms with Crippen LogP contribution in [0, 0.1) is 6.92 Å². The second-order valence-corrected chi connectivity index (χ2v) is 7.36. The van der Waals surface area contributed by atoms with Gasteiger partial charge in [0.2, 0.25) is 0 Å². The zero-order valence-corrected chi connectivity index (χ0v) is 15.8. The van der Waals surface area contributed by atoms with Gasteiger partial charge in [0.15, 0.2) is 0 Å². The van der Waals surface area contributed by atoms with E-state index in [0.29, 0.717) is 6.04 Å². The highest BCUT2D eigenvalue weighted by Crippen LogP contribution is 2.22. The van der Waals surface area contributed by atoms with E-state index in [2.05, 4.69) is 48.3 Å². The molecule has 3 rings (SSSR count). The van der Waals surface area contributed by atoms with E-state index in [1.165, 1.54) is 16.1 Å². The minimum absolute atomic E-state index is 0.0210. The van der Waals surface area contributed by atoms with Gasteiger partial charge in [0.25, 0.3) is 0 Å². The van der Waals surface area contributed by atoms with Gasteiger partial charge >= 0.3 is 6.03 Å². The third-order valence-electron chi connectivity index (χ3n) is 4.62. The van der Waals surface area contributed by atoms with Gasteiger partial charge in [0, 0.05) is 41.9 Å². The molecular weight excluding hydrogens is 330 g/mol. The first-order valence-corrected chi connectivity index (χ1v) is 9.82. The molecule has 1 aliphatic heterocycles. The molecular formula is C20H25N3OS. The van der Waals surface area contributed by atoms with Crippen molar-refractivity contribution >= 4 is 29.2 Å². The van der Waals surface area contributed by atoms with E-state index < -0.39 is 0 Å². The topological polar surface area (TPSA) is 35.6 Å². The number of hydrogen-bond acceptors (Lipinski definition) is 3. The summed E-state index contributed by atoms with van der Waals surface area (Å²) in [7, 11) is 0. The molecule has 5 heteroatoms. The molecule has 25 heavy (non-hydrogen) atoms. The Balaban J connectivity index is 1.59. The van der Waals surface area contributed by atoms with Gasteiger partial charge in [0.1, 0.15) is 0 Å². The third-order valence-corrected chi connectivity index (χ3v) is 5.37. The molecule has 1 fully saturated rings. The van der Waals surface area contributed by atoms with Crippen LogP contribution in [-0.2, 0) is 0 Å². The number of aryl methyl sites for hydroxylation is 1. The first-order valence-electron chi connectivity index (χ1n) is 8.60. The highest BCUT2D eigenvalue weighted by molar-refractivity contribution is 7.98. The summed E-state index contributed by atoms with van der Waals surface area (Å²) in [5.41, 5.74) is 3.34. The molecule has 0 saturated carbocycles. The lowest BCUT2D eigenvalue weighted by atomic mass is 10.1. The highest BCUT2D eigenvalue weighted by Gasteiger charge is 2.26. The molecule has 0 radical (unpaired) electrons. The highest BCUT2D eigenvalue weighted by atomic mass is 32.2. The maximum Gasteiger partial charge on any atom is 0.321 e. The van der Waals surface area contributed by atoms with E-state index in [4.69, 9.17) is 0 Å². The standard InChI is InChI=1S/C20H25N3OS/c1-15-4-8-18(9-5-15)23-13-12-22(14-16(23)2)20(24)21-17-6-10-19(25-3)11-7-17/h4-11,16H,12-14H2,1-3H3,(H,21,24). The molecule has 1 heterocycles. The molecule has 0 bridgehead atoms. The van der Waals surface area contributed by atoms with E-state index >= 15 is 0 Å². The van der Waals surface area contributed by atoms with Crippen LogP contribution < -0.4 is 10.2 Å². The summed E-state index contributed by atoms with van der Waals surface area (Å²) in [6.45, 7) is 6.58. The Hall–Kier alpha value is -2.14. The fraction of sp³-hybridized carbons (Fsp3) is 0.350. The average molecular weight is 356 g/mol. The van der Waals surface area contributed by atoms with Crippen molar-refractivity contribution in [3.63, 3.8) is 0 Å². The summed E-state index contributed by atoms with van der Waals surface area (Å²) in [4.78, 5) is 18.0. The summed E-state index contributed by atoms with van der Waals surface area (Å²) in [5, 5.41) is 3.00. The number of benzene rings is 2. The molecule has 2 amide bonds. The van der Waals surface area contributed by atoms with Crippen LogP contribution in [0.2, 0.25) is 0 Å². The molecule has 1 atom stereocenters. The van der Waals surface area contributed by atoms with Gasteiger partial charge in [-0.3, -0.25) is 0 Å². The van der Waals surface area contributed by atoms with Crippen molar-refractivity contribution in [2.75, 3.05) is 36.1 Å². The first-order chi connectivity index (χ1) is 12.1. The van der Waals surface area contributed by atoms with E-state index in [1.807, 2.05) is 35.4 Å². The molecule has 132 valence electrons. The largest absolute Gasteiger partial charge is 0.365 e. The fourth-order valence-electron chi connectivity index (χ4n) is 3.14. The monoisotopic (exact) mass is 355 g/mol. The predicted molar refractivity (Wildman–Crippen MR) is 107 cm³/mol. The second kappa shape index (κ2) is 7.83. The SMILES string of the molecule is CSc1ccc(NC(=O)N2CCN(c3ccc(C)cc3)C(C)C2)cc1. The first kappa shape index (κ1) is 17.7. The zero-order chi connectivity index (χ0) is 17.8. The lowest BCUT2D eigenvalue weighted by Crippen LogP contribution is -2.54. The van der Waals surface area contributed by atoms with Gasteiger partial charge in [-0.15, -0.1) is 11.8 Å². The van der Waals surface area contributed by atoms with Crippen molar-refractivity contribution in [2.45, 2.75) is 24.8 Å². The maximum atomic E-state index is 12.5. The molecule has 2 aromatic rings. The zero-order valence-electron chi connectivity index (χ0n) is 15.0. The molecule has 1 saturated heterocycles. The van der Waals surface area contributed by atoms with Crippen LogP contribution in [0.4, 0.5) is 16.2 Å². The molecule has 0 spiro atoms. The van der Waals surface area contributed by atoms with Crippen LogP contribution in [0.5, 0.6) is 0 Å². The quantitative estimate of drug-likeness (QED) is 0.826. The van der Waals surface area contributed by atoms with Gasteiger partial charge in [-0.1, -0.05) is 17.7 Å². The lowest BCUT2D eigenvalue weighted by molar-refractivity contribution is 0.200. The van der Waals surface area contributed by atoms with Crippen LogP contribution in [0.1, 0.15) is 12.5 Å². The molecule has 0 aliphatic carbocycles.